The van der Waals surface area contributed by atoms with Crippen molar-refractivity contribution in [1.29, 1.82) is 0 Å². The largest absolute Gasteiger partial charge is 0.480 e. The number of aliphatic carboxylic acids is 1. The van der Waals surface area contributed by atoms with Crippen LogP contribution in [0.3, 0.4) is 0 Å². The molecule has 0 aliphatic carbocycles. The fourth-order valence-corrected chi connectivity index (χ4v) is 3.32. The summed E-state index contributed by atoms with van der Waals surface area (Å²) in [5, 5.41) is 8.80. The topological polar surface area (TPSA) is 57.6 Å². The maximum absolute atomic E-state index is 12.3. The number of thioether (sulfide) groups is 1. The molecule has 0 radical (unpaired) electrons. The Morgan fingerprint density at radius 2 is 2.17 bits per heavy atom. The van der Waals surface area contributed by atoms with Gasteiger partial charge in [-0.2, -0.15) is 0 Å². The number of fused-ring (bicyclic) bond motifs is 1. The second-order valence-electron chi connectivity index (χ2n) is 4.15. The molecule has 2 rings (SSSR count). The molecule has 1 unspecified atom stereocenters. The lowest BCUT2D eigenvalue weighted by atomic mass is 10.00. The van der Waals surface area contributed by atoms with Crippen LogP contribution in [0, 0.1) is 0 Å². The van der Waals surface area contributed by atoms with Crippen molar-refractivity contribution < 1.29 is 14.7 Å². The van der Waals surface area contributed by atoms with Crippen molar-refractivity contribution in [1.82, 2.24) is 4.90 Å². The fraction of sp³-hybridized carbons (Fsp3) is 0.385. The van der Waals surface area contributed by atoms with Gasteiger partial charge in [0.05, 0.1) is 5.92 Å². The fourth-order valence-electron chi connectivity index (χ4n) is 2.10. The molecule has 0 aromatic heterocycles. The Labute approximate surface area is 110 Å². The van der Waals surface area contributed by atoms with Gasteiger partial charge in [-0.1, -0.05) is 18.2 Å². The predicted octanol–water partition coefficient (Wildman–Crippen LogP) is 1.81. The Morgan fingerprint density at radius 1 is 1.44 bits per heavy atom. The maximum Gasteiger partial charge on any atom is 0.323 e. The second kappa shape index (κ2) is 5.44. The summed E-state index contributed by atoms with van der Waals surface area (Å²) in [4.78, 5) is 25.6. The van der Waals surface area contributed by atoms with E-state index in [1.54, 1.807) is 18.7 Å². The first-order valence-electron chi connectivity index (χ1n) is 5.85. The summed E-state index contributed by atoms with van der Waals surface area (Å²) >= 11 is 1.66. The molecule has 1 aliphatic heterocycles. The van der Waals surface area contributed by atoms with Crippen LogP contribution >= 0.6 is 11.8 Å². The van der Waals surface area contributed by atoms with Crippen LogP contribution in [0.25, 0.3) is 0 Å². The van der Waals surface area contributed by atoms with Crippen molar-refractivity contribution in [3.63, 3.8) is 0 Å². The molecule has 18 heavy (non-hydrogen) atoms. The lowest BCUT2D eigenvalue weighted by Gasteiger charge is -2.22. The third kappa shape index (κ3) is 2.51. The molecule has 1 heterocycles. The number of nitrogens with zero attached hydrogens (tertiary/aromatic N) is 1. The first-order valence-corrected chi connectivity index (χ1v) is 6.84. The highest BCUT2D eigenvalue weighted by atomic mass is 32.2. The van der Waals surface area contributed by atoms with Crippen molar-refractivity contribution in [3.05, 3.63) is 29.8 Å². The van der Waals surface area contributed by atoms with E-state index < -0.39 is 5.97 Å². The van der Waals surface area contributed by atoms with E-state index in [-0.39, 0.29) is 18.4 Å². The zero-order chi connectivity index (χ0) is 13.1. The molecule has 1 aromatic rings. The Balaban J connectivity index is 2.17. The SMILES string of the molecule is CCN(CC(=O)O)C(=O)C1CSc2ccccc21. The highest BCUT2D eigenvalue weighted by Crippen LogP contribution is 2.40. The first-order chi connectivity index (χ1) is 8.63. The van der Waals surface area contributed by atoms with E-state index in [2.05, 4.69) is 0 Å². The van der Waals surface area contributed by atoms with Gasteiger partial charge < -0.3 is 10.0 Å². The summed E-state index contributed by atoms with van der Waals surface area (Å²) in [6, 6.07) is 7.82. The monoisotopic (exact) mass is 265 g/mol. The van der Waals surface area contributed by atoms with Crippen molar-refractivity contribution in [2.75, 3.05) is 18.8 Å². The average molecular weight is 265 g/mol. The predicted molar refractivity (Wildman–Crippen MR) is 69.8 cm³/mol. The third-order valence-corrected chi connectivity index (χ3v) is 4.20. The summed E-state index contributed by atoms with van der Waals surface area (Å²) in [7, 11) is 0. The van der Waals surface area contributed by atoms with Crippen molar-refractivity contribution >= 4 is 23.6 Å². The molecule has 96 valence electrons. The molecule has 0 fully saturated rings. The van der Waals surface area contributed by atoms with E-state index in [0.29, 0.717) is 12.3 Å². The molecule has 0 spiro atoms. The van der Waals surface area contributed by atoms with Crippen LogP contribution in [-0.4, -0.2) is 40.7 Å². The number of likely N-dealkylation sites (N-methyl/N-ethyl adjacent to an activating group) is 1. The molecule has 1 amide bonds. The van der Waals surface area contributed by atoms with Crippen LogP contribution < -0.4 is 0 Å². The summed E-state index contributed by atoms with van der Waals surface area (Å²) in [6.45, 7) is 2.00. The van der Waals surface area contributed by atoms with Crippen LogP contribution in [-0.2, 0) is 9.59 Å². The van der Waals surface area contributed by atoms with Crippen molar-refractivity contribution in [2.24, 2.45) is 0 Å². The van der Waals surface area contributed by atoms with Gasteiger partial charge in [0.1, 0.15) is 6.54 Å². The van der Waals surface area contributed by atoms with E-state index in [1.165, 1.54) is 4.90 Å². The minimum atomic E-state index is -0.968. The number of carboxylic acids is 1. The van der Waals surface area contributed by atoms with Gasteiger partial charge in [0.15, 0.2) is 0 Å². The number of benzene rings is 1. The Hall–Kier alpha value is -1.49. The van der Waals surface area contributed by atoms with Gasteiger partial charge in [0.25, 0.3) is 0 Å². The summed E-state index contributed by atoms with van der Waals surface area (Å²) in [5.74, 6) is -0.555. The zero-order valence-electron chi connectivity index (χ0n) is 10.1. The number of carboxylic acid groups (broad SMARTS) is 1. The van der Waals surface area contributed by atoms with E-state index in [9.17, 15) is 9.59 Å². The van der Waals surface area contributed by atoms with Gasteiger partial charge in [-0.15, -0.1) is 11.8 Å². The Bertz CT molecular complexity index is 475. The van der Waals surface area contributed by atoms with Crippen molar-refractivity contribution in [3.8, 4) is 0 Å². The average Bonchev–Trinajstić information content (AvgIpc) is 2.78. The Kier molecular flexibility index (Phi) is 3.91. The van der Waals surface area contributed by atoms with Gasteiger partial charge in [-0.25, -0.2) is 0 Å². The quantitative estimate of drug-likeness (QED) is 0.902. The van der Waals surface area contributed by atoms with Gasteiger partial charge in [-0.05, 0) is 18.6 Å². The summed E-state index contributed by atoms with van der Waals surface area (Å²) < 4.78 is 0. The lowest BCUT2D eigenvalue weighted by Crippen LogP contribution is -2.38. The molecule has 0 saturated heterocycles. The minimum absolute atomic E-state index is 0.0858. The van der Waals surface area contributed by atoms with Gasteiger partial charge in [-0.3, -0.25) is 9.59 Å². The van der Waals surface area contributed by atoms with Crippen LogP contribution in [0.15, 0.2) is 29.2 Å². The number of carbonyl (C=O) groups excluding carboxylic acids is 1. The smallest absolute Gasteiger partial charge is 0.323 e. The molecule has 1 N–H and O–H groups in total. The summed E-state index contributed by atoms with van der Waals surface area (Å²) in [6.07, 6.45) is 0. The first kappa shape index (κ1) is 13.0. The number of rotatable bonds is 4. The number of amides is 1. The molecule has 1 aromatic carbocycles. The van der Waals surface area contributed by atoms with Crippen LogP contribution in [0.4, 0.5) is 0 Å². The molecular weight excluding hydrogens is 250 g/mol. The third-order valence-electron chi connectivity index (χ3n) is 3.02. The standard InChI is InChI=1S/C13H15NO3S/c1-2-14(7-12(15)16)13(17)10-8-18-11-6-4-3-5-9(10)11/h3-6,10H,2,7-8H2,1H3,(H,15,16). The van der Waals surface area contributed by atoms with Gasteiger partial charge >= 0.3 is 5.97 Å². The van der Waals surface area contributed by atoms with E-state index in [1.807, 2.05) is 24.3 Å². The normalized spacial score (nSPS) is 17.3. The number of hydrogen-bond donors (Lipinski definition) is 1. The molecule has 4 nitrogen and oxygen atoms in total. The maximum atomic E-state index is 12.3. The van der Waals surface area contributed by atoms with Crippen LogP contribution in [0.2, 0.25) is 0 Å². The molecule has 5 heteroatoms. The molecule has 1 atom stereocenters. The zero-order valence-corrected chi connectivity index (χ0v) is 10.9. The number of carbonyl (C=O) groups is 2. The highest BCUT2D eigenvalue weighted by Gasteiger charge is 2.32. The van der Waals surface area contributed by atoms with Crippen LogP contribution in [0.5, 0.6) is 0 Å². The van der Waals surface area contributed by atoms with E-state index in [0.717, 1.165) is 10.5 Å². The molecule has 1 aliphatic rings. The van der Waals surface area contributed by atoms with Crippen LogP contribution in [0.1, 0.15) is 18.4 Å². The number of hydrogen-bond acceptors (Lipinski definition) is 3. The highest BCUT2D eigenvalue weighted by molar-refractivity contribution is 7.99. The second-order valence-corrected chi connectivity index (χ2v) is 5.21. The molecule has 0 bridgehead atoms. The minimum Gasteiger partial charge on any atom is -0.480 e. The van der Waals surface area contributed by atoms with E-state index in [4.69, 9.17) is 5.11 Å². The lowest BCUT2D eigenvalue weighted by molar-refractivity contribution is -0.144. The Morgan fingerprint density at radius 3 is 2.83 bits per heavy atom. The van der Waals surface area contributed by atoms with E-state index >= 15 is 0 Å². The molecule has 0 saturated carbocycles. The van der Waals surface area contributed by atoms with Gasteiger partial charge in [0.2, 0.25) is 5.91 Å². The summed E-state index contributed by atoms with van der Waals surface area (Å²) in [5.41, 5.74) is 1.02. The molecular formula is C13H15NO3S. The van der Waals surface area contributed by atoms with Gasteiger partial charge in [0, 0.05) is 17.2 Å². The van der Waals surface area contributed by atoms with Crippen molar-refractivity contribution in [2.45, 2.75) is 17.7 Å².